The molecular formula is C15H26O2. The quantitative estimate of drug-likeness (QED) is 0.739. The fourth-order valence-electron chi connectivity index (χ4n) is 4.17. The number of rotatable bonds is 4. The van der Waals surface area contributed by atoms with Crippen LogP contribution in [0.25, 0.3) is 0 Å². The topological polar surface area (TPSA) is 40.5 Å². The van der Waals surface area contributed by atoms with Gasteiger partial charge in [-0.05, 0) is 55.8 Å². The highest BCUT2D eigenvalue weighted by Crippen LogP contribution is 2.67. The molecule has 0 radical (unpaired) electrons. The Kier molecular flexibility index (Phi) is 3.39. The standard InChI is InChI=1S/C15H26O2/c1-11(10-16)5-4-7-14(2)12-6-8-15(14,3)13(17)9-12/h5,12-13,16-17H,4,6-10H2,1-3H3/b11-5-/t12-,13-,14-,15+/m0/s1. The SMILES string of the molecule is C/C(=C/CC[C@@]1(C)[C@H]2CC[C@]1(C)[C@@H](O)C2)CO. The Hall–Kier alpha value is -0.340. The summed E-state index contributed by atoms with van der Waals surface area (Å²) < 4.78 is 0. The summed E-state index contributed by atoms with van der Waals surface area (Å²) in [7, 11) is 0. The van der Waals surface area contributed by atoms with Crippen LogP contribution < -0.4 is 0 Å². The molecule has 0 aromatic rings. The van der Waals surface area contributed by atoms with Crippen molar-refractivity contribution in [3.05, 3.63) is 11.6 Å². The molecule has 0 saturated heterocycles. The molecule has 2 saturated carbocycles. The van der Waals surface area contributed by atoms with Crippen LogP contribution in [0.3, 0.4) is 0 Å². The van der Waals surface area contributed by atoms with Crippen LogP contribution in [0.15, 0.2) is 11.6 Å². The molecule has 2 heteroatoms. The first kappa shape index (κ1) is 13.1. The molecule has 2 aliphatic carbocycles. The van der Waals surface area contributed by atoms with Gasteiger partial charge < -0.3 is 10.2 Å². The third-order valence-corrected chi connectivity index (χ3v) is 5.87. The first-order valence-corrected chi connectivity index (χ1v) is 6.88. The molecule has 0 spiro atoms. The summed E-state index contributed by atoms with van der Waals surface area (Å²) in [6, 6.07) is 0. The zero-order valence-corrected chi connectivity index (χ0v) is 11.4. The summed E-state index contributed by atoms with van der Waals surface area (Å²) in [6.07, 6.45) is 7.68. The van der Waals surface area contributed by atoms with E-state index in [-0.39, 0.29) is 18.1 Å². The van der Waals surface area contributed by atoms with E-state index in [1.807, 2.05) is 6.92 Å². The zero-order valence-electron chi connectivity index (χ0n) is 11.4. The van der Waals surface area contributed by atoms with E-state index in [1.54, 1.807) is 0 Å². The van der Waals surface area contributed by atoms with Gasteiger partial charge in [0.2, 0.25) is 0 Å². The number of fused-ring (bicyclic) bond motifs is 2. The summed E-state index contributed by atoms with van der Waals surface area (Å²) in [6.45, 7) is 6.78. The van der Waals surface area contributed by atoms with Crippen molar-refractivity contribution in [1.29, 1.82) is 0 Å². The van der Waals surface area contributed by atoms with Crippen LogP contribution in [0, 0.1) is 16.7 Å². The van der Waals surface area contributed by atoms with E-state index < -0.39 is 0 Å². The molecular weight excluding hydrogens is 212 g/mol. The molecule has 4 atom stereocenters. The predicted octanol–water partition coefficient (Wildman–Crippen LogP) is 2.89. The average molecular weight is 238 g/mol. The normalized spacial score (nSPS) is 45.6. The monoisotopic (exact) mass is 238 g/mol. The van der Waals surface area contributed by atoms with Gasteiger partial charge in [-0.3, -0.25) is 0 Å². The molecule has 0 aromatic carbocycles. The van der Waals surface area contributed by atoms with Crippen molar-refractivity contribution in [3.63, 3.8) is 0 Å². The Morgan fingerprint density at radius 3 is 2.59 bits per heavy atom. The lowest BCUT2D eigenvalue weighted by molar-refractivity contribution is 0.00199. The minimum Gasteiger partial charge on any atom is -0.393 e. The summed E-state index contributed by atoms with van der Waals surface area (Å²) in [5.74, 6) is 0.699. The number of aliphatic hydroxyl groups is 2. The van der Waals surface area contributed by atoms with E-state index in [9.17, 15) is 5.11 Å². The molecule has 17 heavy (non-hydrogen) atoms. The molecule has 98 valence electrons. The lowest BCUT2D eigenvalue weighted by Gasteiger charge is -2.40. The van der Waals surface area contributed by atoms with E-state index in [0.29, 0.717) is 11.3 Å². The molecule has 0 aliphatic heterocycles. The van der Waals surface area contributed by atoms with Crippen LogP contribution >= 0.6 is 0 Å². The molecule has 2 bridgehead atoms. The van der Waals surface area contributed by atoms with Crippen molar-refractivity contribution in [2.45, 2.75) is 59.0 Å². The fourth-order valence-corrected chi connectivity index (χ4v) is 4.17. The van der Waals surface area contributed by atoms with Gasteiger partial charge >= 0.3 is 0 Å². The van der Waals surface area contributed by atoms with Crippen molar-refractivity contribution in [1.82, 2.24) is 0 Å². The summed E-state index contributed by atoms with van der Waals surface area (Å²) in [4.78, 5) is 0. The number of aliphatic hydroxyl groups excluding tert-OH is 2. The number of allylic oxidation sites excluding steroid dienone is 1. The van der Waals surface area contributed by atoms with Crippen molar-refractivity contribution in [3.8, 4) is 0 Å². The third-order valence-electron chi connectivity index (χ3n) is 5.87. The van der Waals surface area contributed by atoms with Gasteiger partial charge in [0, 0.05) is 0 Å². The highest BCUT2D eigenvalue weighted by Gasteiger charge is 2.62. The van der Waals surface area contributed by atoms with E-state index in [0.717, 1.165) is 24.8 Å². The molecule has 0 amide bonds. The van der Waals surface area contributed by atoms with E-state index in [2.05, 4.69) is 19.9 Å². The first-order chi connectivity index (χ1) is 7.94. The third kappa shape index (κ3) is 1.86. The van der Waals surface area contributed by atoms with Crippen LogP contribution in [0.1, 0.15) is 52.9 Å². The van der Waals surface area contributed by atoms with E-state index in [4.69, 9.17) is 5.11 Å². The van der Waals surface area contributed by atoms with Gasteiger partial charge in [-0.15, -0.1) is 0 Å². The second-order valence-electron chi connectivity index (χ2n) is 6.57. The van der Waals surface area contributed by atoms with Gasteiger partial charge in [0.15, 0.2) is 0 Å². The maximum atomic E-state index is 10.2. The van der Waals surface area contributed by atoms with Gasteiger partial charge in [0.25, 0.3) is 0 Å². The highest BCUT2D eigenvalue weighted by atomic mass is 16.3. The van der Waals surface area contributed by atoms with Crippen LogP contribution in [0.4, 0.5) is 0 Å². The molecule has 0 heterocycles. The van der Waals surface area contributed by atoms with Gasteiger partial charge in [-0.2, -0.15) is 0 Å². The Morgan fingerprint density at radius 2 is 2.12 bits per heavy atom. The van der Waals surface area contributed by atoms with Gasteiger partial charge in [0.1, 0.15) is 0 Å². The average Bonchev–Trinajstić information content (AvgIpc) is 2.64. The fraction of sp³-hybridized carbons (Fsp3) is 0.867. The van der Waals surface area contributed by atoms with E-state index >= 15 is 0 Å². The van der Waals surface area contributed by atoms with Crippen molar-refractivity contribution < 1.29 is 10.2 Å². The largest absolute Gasteiger partial charge is 0.393 e. The first-order valence-electron chi connectivity index (χ1n) is 6.88. The zero-order chi connectivity index (χ0) is 12.7. The maximum absolute atomic E-state index is 10.2. The summed E-state index contributed by atoms with van der Waals surface area (Å²) in [5, 5.41) is 19.2. The Balaban J connectivity index is 2.05. The lowest BCUT2D eigenvalue weighted by atomic mass is 9.66. The Morgan fingerprint density at radius 1 is 1.41 bits per heavy atom. The molecule has 0 aromatic heterocycles. The van der Waals surface area contributed by atoms with Crippen molar-refractivity contribution in [2.75, 3.05) is 6.61 Å². The molecule has 2 N–H and O–H groups in total. The van der Waals surface area contributed by atoms with Crippen molar-refractivity contribution >= 4 is 0 Å². The molecule has 2 aliphatic rings. The summed E-state index contributed by atoms with van der Waals surface area (Å²) in [5.41, 5.74) is 1.47. The minimum absolute atomic E-state index is 0.103. The minimum atomic E-state index is -0.103. The van der Waals surface area contributed by atoms with Gasteiger partial charge in [0.05, 0.1) is 12.7 Å². The van der Waals surface area contributed by atoms with Crippen LogP contribution in [-0.4, -0.2) is 22.9 Å². The van der Waals surface area contributed by atoms with E-state index in [1.165, 1.54) is 12.8 Å². The van der Waals surface area contributed by atoms with Gasteiger partial charge in [-0.1, -0.05) is 25.5 Å². The molecule has 2 nitrogen and oxygen atoms in total. The number of hydrogen-bond acceptors (Lipinski definition) is 2. The molecule has 0 unspecified atom stereocenters. The second-order valence-corrected chi connectivity index (χ2v) is 6.57. The lowest BCUT2D eigenvalue weighted by Crippen LogP contribution is -2.37. The molecule has 2 fully saturated rings. The second kappa shape index (κ2) is 4.40. The Labute approximate surface area is 105 Å². The highest BCUT2D eigenvalue weighted by molar-refractivity contribution is 5.13. The molecule has 2 rings (SSSR count). The van der Waals surface area contributed by atoms with Crippen molar-refractivity contribution in [2.24, 2.45) is 16.7 Å². The van der Waals surface area contributed by atoms with Crippen LogP contribution in [-0.2, 0) is 0 Å². The smallest absolute Gasteiger partial charge is 0.0639 e. The van der Waals surface area contributed by atoms with Crippen LogP contribution in [0.5, 0.6) is 0 Å². The summed E-state index contributed by atoms with van der Waals surface area (Å²) >= 11 is 0. The predicted molar refractivity (Wildman–Crippen MR) is 69.6 cm³/mol. The Bertz CT molecular complexity index is 323. The van der Waals surface area contributed by atoms with Gasteiger partial charge in [-0.25, -0.2) is 0 Å². The maximum Gasteiger partial charge on any atom is 0.0639 e. The number of hydrogen-bond donors (Lipinski definition) is 2. The van der Waals surface area contributed by atoms with Crippen LogP contribution in [0.2, 0.25) is 0 Å².